The second kappa shape index (κ2) is 9.33. The zero-order valence-corrected chi connectivity index (χ0v) is 19.1. The maximum atomic E-state index is 13.0. The second-order valence-corrected chi connectivity index (χ2v) is 9.23. The lowest BCUT2D eigenvalue weighted by molar-refractivity contribution is -0.384. The van der Waals surface area contributed by atoms with E-state index >= 15 is 0 Å². The van der Waals surface area contributed by atoms with Crippen molar-refractivity contribution in [2.24, 2.45) is 11.7 Å². The van der Waals surface area contributed by atoms with Crippen molar-refractivity contribution in [1.29, 1.82) is 5.26 Å². The number of nitrogens with zero attached hydrogens (tertiary/aromatic N) is 3. The lowest BCUT2D eigenvalue weighted by Gasteiger charge is -2.18. The van der Waals surface area contributed by atoms with E-state index in [9.17, 15) is 25.0 Å². The molecule has 0 saturated heterocycles. The molecule has 10 heteroatoms. The smallest absolute Gasteiger partial charge is 0.269 e. The van der Waals surface area contributed by atoms with E-state index in [1.165, 1.54) is 29.5 Å². The number of amides is 2. The molecule has 9 nitrogen and oxygen atoms in total. The largest absolute Gasteiger partial charge is 0.365 e. The molecule has 1 aliphatic rings. The first kappa shape index (κ1) is 22.9. The summed E-state index contributed by atoms with van der Waals surface area (Å²) in [4.78, 5) is 36.5. The third-order valence-electron chi connectivity index (χ3n) is 5.76. The first-order valence-corrected chi connectivity index (χ1v) is 11.4. The van der Waals surface area contributed by atoms with E-state index in [-0.39, 0.29) is 11.3 Å². The Kier molecular flexibility index (Phi) is 6.30. The molecule has 2 aromatic heterocycles. The Labute approximate surface area is 199 Å². The van der Waals surface area contributed by atoms with Gasteiger partial charge in [-0.2, -0.15) is 5.26 Å². The molecule has 1 atom stereocenters. The van der Waals surface area contributed by atoms with Gasteiger partial charge in [-0.25, -0.2) is 0 Å². The first-order valence-electron chi connectivity index (χ1n) is 10.6. The van der Waals surface area contributed by atoms with Gasteiger partial charge in [0, 0.05) is 34.6 Å². The van der Waals surface area contributed by atoms with Crippen molar-refractivity contribution in [1.82, 2.24) is 4.57 Å². The molecule has 2 heterocycles. The van der Waals surface area contributed by atoms with Crippen molar-refractivity contribution in [2.75, 3.05) is 5.32 Å². The highest BCUT2D eigenvalue weighted by atomic mass is 32.1. The molecule has 172 valence electrons. The predicted molar refractivity (Wildman–Crippen MR) is 129 cm³/mol. The van der Waals surface area contributed by atoms with E-state index < -0.39 is 16.7 Å². The predicted octanol–water partition coefficient (Wildman–Crippen LogP) is 4.22. The summed E-state index contributed by atoms with van der Waals surface area (Å²) >= 11 is 1.33. The molecule has 3 aromatic rings. The Morgan fingerprint density at radius 3 is 2.71 bits per heavy atom. The summed E-state index contributed by atoms with van der Waals surface area (Å²) < 4.78 is 1.70. The van der Waals surface area contributed by atoms with Crippen molar-refractivity contribution in [3.63, 3.8) is 0 Å². The summed E-state index contributed by atoms with van der Waals surface area (Å²) in [5, 5.41) is 23.6. The number of fused-ring (bicyclic) bond motifs is 1. The topological polar surface area (TPSA) is 144 Å². The van der Waals surface area contributed by atoms with Gasteiger partial charge in [-0.05, 0) is 61.1 Å². The normalized spacial score (nSPS) is 15.3. The molecular weight excluding hydrogens is 454 g/mol. The summed E-state index contributed by atoms with van der Waals surface area (Å²) in [5.74, 6) is -0.762. The van der Waals surface area contributed by atoms with Crippen molar-refractivity contribution < 1.29 is 14.5 Å². The first-order chi connectivity index (χ1) is 16.3. The number of benzene rings is 1. The lowest BCUT2D eigenvalue weighted by atomic mass is 9.88. The van der Waals surface area contributed by atoms with Crippen molar-refractivity contribution in [3.8, 4) is 11.8 Å². The van der Waals surface area contributed by atoms with Gasteiger partial charge < -0.3 is 15.6 Å². The second-order valence-electron chi connectivity index (χ2n) is 8.12. The molecule has 0 saturated carbocycles. The monoisotopic (exact) mass is 475 g/mol. The number of nitro groups is 1. The Balaban J connectivity index is 1.63. The Hall–Kier alpha value is -4.23. The fourth-order valence-electron chi connectivity index (χ4n) is 4.05. The van der Waals surface area contributed by atoms with E-state index in [4.69, 9.17) is 5.73 Å². The van der Waals surface area contributed by atoms with E-state index in [1.54, 1.807) is 35.0 Å². The Morgan fingerprint density at radius 2 is 2.06 bits per heavy atom. The Morgan fingerprint density at radius 1 is 1.32 bits per heavy atom. The summed E-state index contributed by atoms with van der Waals surface area (Å²) in [6.45, 7) is 2.14. The average Bonchev–Trinajstić information content (AvgIpc) is 3.40. The molecule has 3 N–H and O–H groups in total. The van der Waals surface area contributed by atoms with Crippen LogP contribution >= 0.6 is 11.3 Å². The van der Waals surface area contributed by atoms with Gasteiger partial charge in [0.15, 0.2) is 0 Å². The van der Waals surface area contributed by atoms with Crippen molar-refractivity contribution >= 4 is 39.9 Å². The molecule has 0 aliphatic heterocycles. The van der Waals surface area contributed by atoms with E-state index in [0.717, 1.165) is 29.7 Å². The summed E-state index contributed by atoms with van der Waals surface area (Å²) in [6, 6.07) is 11.3. The highest BCUT2D eigenvalue weighted by Crippen LogP contribution is 2.39. The number of hydrogen-bond acceptors (Lipinski definition) is 6. The zero-order chi connectivity index (χ0) is 24.4. The fourth-order valence-corrected chi connectivity index (χ4v) is 5.46. The van der Waals surface area contributed by atoms with Crippen LogP contribution in [0.1, 0.15) is 39.8 Å². The number of non-ortho nitro benzene ring substituents is 1. The molecule has 1 aromatic carbocycles. The van der Waals surface area contributed by atoms with Crippen LogP contribution in [-0.4, -0.2) is 21.3 Å². The molecular formula is C24H21N5O4S. The molecule has 4 rings (SSSR count). The number of nitrogens with one attached hydrogen (secondary N) is 1. The van der Waals surface area contributed by atoms with Crippen LogP contribution in [-0.2, 0) is 17.6 Å². The quantitative estimate of drug-likeness (QED) is 0.237. The summed E-state index contributed by atoms with van der Waals surface area (Å²) in [7, 11) is 0. The summed E-state index contributed by atoms with van der Waals surface area (Å²) in [6.07, 6.45) is 5.64. The van der Waals surface area contributed by atoms with Crippen LogP contribution in [0.3, 0.4) is 0 Å². The van der Waals surface area contributed by atoms with Crippen LogP contribution in [0.25, 0.3) is 11.8 Å². The van der Waals surface area contributed by atoms with Crippen LogP contribution in [0.4, 0.5) is 10.7 Å². The number of anilines is 1. The molecule has 0 unspecified atom stereocenters. The SMILES string of the molecule is C[C@H]1CCc2c(sc(NC(=O)/C(C#N)=C/c3cccn3-c3ccc([N+](=O)[O-])cc3)c2C(N)=O)C1. The number of nitriles is 1. The number of rotatable bonds is 6. The van der Waals surface area contributed by atoms with Gasteiger partial charge in [-0.1, -0.05) is 6.92 Å². The van der Waals surface area contributed by atoms with Crippen LogP contribution in [0.5, 0.6) is 0 Å². The average molecular weight is 476 g/mol. The van der Waals surface area contributed by atoms with E-state index in [1.807, 2.05) is 6.07 Å². The van der Waals surface area contributed by atoms with E-state index in [2.05, 4.69) is 12.2 Å². The van der Waals surface area contributed by atoms with Crippen molar-refractivity contribution in [3.05, 3.63) is 80.0 Å². The van der Waals surface area contributed by atoms with Crippen LogP contribution in [0.15, 0.2) is 48.2 Å². The van der Waals surface area contributed by atoms with Crippen LogP contribution in [0, 0.1) is 27.4 Å². The van der Waals surface area contributed by atoms with Crippen LogP contribution in [0.2, 0.25) is 0 Å². The number of hydrogen-bond donors (Lipinski definition) is 2. The number of nitrogens with two attached hydrogens (primary N) is 1. The highest BCUT2D eigenvalue weighted by Gasteiger charge is 2.27. The van der Waals surface area contributed by atoms with Gasteiger partial charge in [0.25, 0.3) is 17.5 Å². The molecule has 1 aliphatic carbocycles. The third-order valence-corrected chi connectivity index (χ3v) is 6.93. The Bertz CT molecular complexity index is 1360. The minimum atomic E-state index is -0.645. The molecule has 0 fully saturated rings. The molecule has 34 heavy (non-hydrogen) atoms. The molecule has 2 amide bonds. The number of aromatic nitrogens is 1. The summed E-state index contributed by atoms with van der Waals surface area (Å²) in [5.41, 5.74) is 7.81. The highest BCUT2D eigenvalue weighted by molar-refractivity contribution is 7.17. The van der Waals surface area contributed by atoms with Gasteiger partial charge in [0.1, 0.15) is 16.6 Å². The minimum Gasteiger partial charge on any atom is -0.365 e. The standard InChI is InChI=1S/C24H21N5O4S/c1-14-4-9-19-20(11-14)34-24(21(19)22(26)30)27-23(31)15(13-25)12-18-3-2-10-28(18)16-5-7-17(8-6-16)29(32)33/h2-3,5-8,10,12,14H,4,9,11H2,1H3,(H2,26,30)(H,27,31)/b15-12+/t14-/m0/s1. The van der Waals surface area contributed by atoms with Gasteiger partial charge >= 0.3 is 0 Å². The van der Waals surface area contributed by atoms with E-state index in [0.29, 0.717) is 27.9 Å². The van der Waals surface area contributed by atoms with Crippen LogP contribution < -0.4 is 11.1 Å². The number of thiophene rings is 1. The van der Waals surface area contributed by atoms with Gasteiger partial charge in [-0.15, -0.1) is 11.3 Å². The molecule has 0 spiro atoms. The number of primary amides is 1. The maximum absolute atomic E-state index is 13.0. The van der Waals surface area contributed by atoms with Gasteiger partial charge in [-0.3, -0.25) is 19.7 Å². The third kappa shape index (κ3) is 4.46. The van der Waals surface area contributed by atoms with Crippen molar-refractivity contribution in [2.45, 2.75) is 26.2 Å². The molecule has 0 radical (unpaired) electrons. The fraction of sp³-hybridized carbons (Fsp3) is 0.208. The van der Waals surface area contributed by atoms with Gasteiger partial charge in [0.05, 0.1) is 10.5 Å². The van der Waals surface area contributed by atoms with Gasteiger partial charge in [0.2, 0.25) is 0 Å². The number of carbonyl (C=O) groups is 2. The molecule has 0 bridgehead atoms. The lowest BCUT2D eigenvalue weighted by Crippen LogP contribution is -2.20. The number of carbonyl (C=O) groups excluding carboxylic acids is 2. The minimum absolute atomic E-state index is 0.0385. The zero-order valence-electron chi connectivity index (χ0n) is 18.3. The number of nitro benzene ring substituents is 1. The maximum Gasteiger partial charge on any atom is 0.269 e.